The Bertz CT molecular complexity index is 921. The lowest BCUT2D eigenvalue weighted by molar-refractivity contribution is -0.132. The summed E-state index contributed by atoms with van der Waals surface area (Å²) in [7, 11) is 0. The third-order valence-electron chi connectivity index (χ3n) is 6.69. The maximum atomic E-state index is 13.0. The zero-order valence-electron chi connectivity index (χ0n) is 18.5. The molecule has 3 heterocycles. The van der Waals surface area contributed by atoms with E-state index in [1.807, 2.05) is 47.1 Å². The molecule has 0 spiro atoms. The summed E-state index contributed by atoms with van der Waals surface area (Å²) in [5.74, 6) is 0.534. The number of thiazole rings is 1. The summed E-state index contributed by atoms with van der Waals surface area (Å²) in [6.07, 6.45) is 2.77. The van der Waals surface area contributed by atoms with Gasteiger partial charge in [0.25, 0.3) is 0 Å². The molecule has 2 aliphatic heterocycles. The number of piperidine rings is 1. The van der Waals surface area contributed by atoms with Gasteiger partial charge in [0.05, 0.1) is 18.2 Å². The lowest BCUT2D eigenvalue weighted by Gasteiger charge is -2.39. The van der Waals surface area contributed by atoms with E-state index in [0.717, 1.165) is 40.4 Å². The topological polar surface area (TPSA) is 62.7 Å². The largest absolute Gasteiger partial charge is 0.447 e. The fourth-order valence-corrected chi connectivity index (χ4v) is 5.46. The lowest BCUT2D eigenvalue weighted by atomic mass is 9.95. The maximum absolute atomic E-state index is 13.0. The van der Waals surface area contributed by atoms with Crippen molar-refractivity contribution in [3.63, 3.8) is 0 Å². The molecule has 0 N–H and O–H groups in total. The van der Waals surface area contributed by atoms with Crippen molar-refractivity contribution >= 4 is 23.3 Å². The first kappa shape index (κ1) is 21.8. The van der Waals surface area contributed by atoms with Gasteiger partial charge >= 0.3 is 6.09 Å². The summed E-state index contributed by atoms with van der Waals surface area (Å²) in [4.78, 5) is 35.0. The van der Waals surface area contributed by atoms with Gasteiger partial charge in [0, 0.05) is 29.6 Å². The van der Waals surface area contributed by atoms with Crippen LogP contribution in [-0.2, 0) is 16.0 Å². The number of cyclic esters (lactones) is 1. The van der Waals surface area contributed by atoms with Gasteiger partial charge in [-0.2, -0.15) is 0 Å². The van der Waals surface area contributed by atoms with Crippen LogP contribution in [0.2, 0.25) is 0 Å². The van der Waals surface area contributed by atoms with E-state index in [0.29, 0.717) is 32.0 Å². The number of aryl methyl sites for hydroxylation is 1. The monoisotopic (exact) mass is 441 g/mol. The van der Waals surface area contributed by atoms with Gasteiger partial charge in [-0.15, -0.1) is 11.3 Å². The summed E-state index contributed by atoms with van der Waals surface area (Å²) >= 11 is 1.64. The molecule has 166 valence electrons. The summed E-state index contributed by atoms with van der Waals surface area (Å²) in [6.45, 7) is 8.20. The molecule has 1 aromatic carbocycles. The van der Waals surface area contributed by atoms with Crippen molar-refractivity contribution in [1.29, 1.82) is 0 Å². The minimum Gasteiger partial charge on any atom is -0.447 e. The van der Waals surface area contributed by atoms with Crippen LogP contribution in [0, 0.1) is 12.8 Å². The number of amides is 2. The van der Waals surface area contributed by atoms with Gasteiger partial charge in [-0.3, -0.25) is 9.69 Å². The molecule has 6 nitrogen and oxygen atoms in total. The van der Waals surface area contributed by atoms with Gasteiger partial charge in [0.15, 0.2) is 0 Å². The van der Waals surface area contributed by atoms with E-state index < -0.39 is 0 Å². The number of benzene rings is 1. The molecule has 0 radical (unpaired) electrons. The summed E-state index contributed by atoms with van der Waals surface area (Å²) in [5, 5.41) is 0.961. The Kier molecular flexibility index (Phi) is 6.60. The number of carbonyl (C=O) groups is 2. The first-order valence-corrected chi connectivity index (χ1v) is 12.0. The van der Waals surface area contributed by atoms with Gasteiger partial charge in [0.1, 0.15) is 11.6 Å². The average molecular weight is 442 g/mol. The predicted octanol–water partition coefficient (Wildman–Crippen LogP) is 4.52. The standard InChI is InChI=1S/C24H31N3O3S/c1-4-16(2)21-15-30-24(29)27(21)19-10-12-26(13-11-19)22(28)14-20-17(3)31-23(25-20)18-8-6-5-7-9-18/h5-9,16,19,21H,4,10-15H2,1-3H3. The molecule has 2 atom stereocenters. The van der Waals surface area contributed by atoms with Crippen LogP contribution in [0.15, 0.2) is 30.3 Å². The smallest absolute Gasteiger partial charge is 0.410 e. The highest BCUT2D eigenvalue weighted by molar-refractivity contribution is 7.15. The molecule has 2 aromatic rings. The van der Waals surface area contributed by atoms with Gasteiger partial charge in [-0.05, 0) is 25.7 Å². The number of rotatable bonds is 6. The Labute approximate surface area is 188 Å². The van der Waals surface area contributed by atoms with Crippen LogP contribution < -0.4 is 0 Å². The summed E-state index contributed by atoms with van der Waals surface area (Å²) in [5.41, 5.74) is 1.96. The van der Waals surface area contributed by atoms with Crippen molar-refractivity contribution in [3.05, 3.63) is 40.9 Å². The van der Waals surface area contributed by atoms with Crippen LogP contribution in [0.1, 0.15) is 43.7 Å². The molecule has 0 saturated carbocycles. The van der Waals surface area contributed by atoms with Crippen molar-refractivity contribution < 1.29 is 14.3 Å². The zero-order valence-corrected chi connectivity index (χ0v) is 19.4. The van der Waals surface area contributed by atoms with Crippen molar-refractivity contribution in [2.45, 2.75) is 58.5 Å². The highest BCUT2D eigenvalue weighted by Gasteiger charge is 2.41. The third-order valence-corrected chi connectivity index (χ3v) is 7.75. The number of likely N-dealkylation sites (tertiary alicyclic amines) is 1. The third kappa shape index (κ3) is 4.61. The average Bonchev–Trinajstić information content (AvgIpc) is 3.36. The second-order valence-electron chi connectivity index (χ2n) is 8.61. The minimum atomic E-state index is -0.193. The van der Waals surface area contributed by atoms with Crippen LogP contribution in [0.5, 0.6) is 0 Å². The van der Waals surface area contributed by atoms with E-state index in [2.05, 4.69) is 13.8 Å². The van der Waals surface area contributed by atoms with Crippen molar-refractivity contribution in [1.82, 2.24) is 14.8 Å². The highest BCUT2D eigenvalue weighted by atomic mass is 32.1. The van der Waals surface area contributed by atoms with Crippen molar-refractivity contribution in [2.24, 2.45) is 5.92 Å². The molecule has 4 rings (SSSR count). The van der Waals surface area contributed by atoms with E-state index in [9.17, 15) is 9.59 Å². The fraction of sp³-hybridized carbons (Fsp3) is 0.542. The van der Waals surface area contributed by atoms with E-state index in [4.69, 9.17) is 9.72 Å². The normalized spacial score (nSPS) is 20.7. The number of ether oxygens (including phenoxy) is 1. The second-order valence-corrected chi connectivity index (χ2v) is 9.82. The van der Waals surface area contributed by atoms with Crippen LogP contribution in [-0.4, -0.2) is 58.6 Å². The van der Waals surface area contributed by atoms with Crippen LogP contribution in [0.25, 0.3) is 10.6 Å². The lowest BCUT2D eigenvalue weighted by Crippen LogP contribution is -2.51. The zero-order chi connectivity index (χ0) is 22.0. The number of carbonyl (C=O) groups excluding carboxylic acids is 2. The van der Waals surface area contributed by atoms with Crippen LogP contribution in [0.3, 0.4) is 0 Å². The van der Waals surface area contributed by atoms with Gasteiger partial charge in [-0.1, -0.05) is 50.6 Å². The number of nitrogens with zero attached hydrogens (tertiary/aromatic N) is 3. The summed E-state index contributed by atoms with van der Waals surface area (Å²) < 4.78 is 5.36. The van der Waals surface area contributed by atoms with Crippen LogP contribution in [0.4, 0.5) is 4.79 Å². The van der Waals surface area contributed by atoms with E-state index in [-0.39, 0.29) is 24.1 Å². The van der Waals surface area contributed by atoms with Gasteiger partial charge in [-0.25, -0.2) is 9.78 Å². The molecular formula is C24H31N3O3S. The highest BCUT2D eigenvalue weighted by Crippen LogP contribution is 2.30. The number of hydrogen-bond donors (Lipinski definition) is 0. The molecule has 1 aromatic heterocycles. The van der Waals surface area contributed by atoms with Crippen molar-refractivity contribution in [3.8, 4) is 10.6 Å². The SMILES string of the molecule is CCC(C)C1COC(=O)N1C1CCN(C(=O)Cc2nc(-c3ccccc3)sc2C)CC1. The molecule has 2 saturated heterocycles. The molecular weight excluding hydrogens is 410 g/mol. The molecule has 0 aliphatic carbocycles. The Morgan fingerprint density at radius 1 is 1.26 bits per heavy atom. The Hall–Kier alpha value is -2.41. The molecule has 31 heavy (non-hydrogen) atoms. The Morgan fingerprint density at radius 2 is 1.97 bits per heavy atom. The molecule has 7 heteroatoms. The minimum absolute atomic E-state index is 0.119. The van der Waals surface area contributed by atoms with E-state index in [1.165, 1.54) is 0 Å². The van der Waals surface area contributed by atoms with E-state index in [1.54, 1.807) is 11.3 Å². The Morgan fingerprint density at radius 3 is 2.65 bits per heavy atom. The Balaban J connectivity index is 1.36. The second kappa shape index (κ2) is 9.39. The summed E-state index contributed by atoms with van der Waals surface area (Å²) in [6, 6.07) is 10.4. The van der Waals surface area contributed by atoms with Crippen molar-refractivity contribution in [2.75, 3.05) is 19.7 Å². The first-order chi connectivity index (χ1) is 15.0. The molecule has 2 unspecified atom stereocenters. The fourth-order valence-electron chi connectivity index (χ4n) is 4.52. The first-order valence-electron chi connectivity index (χ1n) is 11.2. The number of hydrogen-bond acceptors (Lipinski definition) is 5. The van der Waals surface area contributed by atoms with Gasteiger partial charge < -0.3 is 9.64 Å². The molecule has 0 bridgehead atoms. The number of aromatic nitrogens is 1. The predicted molar refractivity (Wildman–Crippen MR) is 122 cm³/mol. The quantitative estimate of drug-likeness (QED) is 0.661. The molecule has 2 fully saturated rings. The molecule has 2 amide bonds. The van der Waals surface area contributed by atoms with Gasteiger partial charge in [0.2, 0.25) is 5.91 Å². The van der Waals surface area contributed by atoms with Crippen LogP contribution >= 0.6 is 11.3 Å². The van der Waals surface area contributed by atoms with E-state index >= 15 is 0 Å². The molecule has 2 aliphatic rings. The maximum Gasteiger partial charge on any atom is 0.410 e.